The van der Waals surface area contributed by atoms with Gasteiger partial charge in [0.05, 0.1) is 0 Å². The summed E-state index contributed by atoms with van der Waals surface area (Å²) in [5.74, 6) is 4.32. The van der Waals surface area contributed by atoms with E-state index in [0.717, 1.165) is 11.8 Å². The molecule has 0 spiro atoms. The highest BCUT2D eigenvalue weighted by molar-refractivity contribution is 7.99. The molecule has 2 aliphatic rings. The molecule has 1 saturated heterocycles. The predicted octanol–water partition coefficient (Wildman–Crippen LogP) is 2.19. The van der Waals surface area contributed by atoms with E-state index < -0.39 is 0 Å². The highest BCUT2D eigenvalue weighted by atomic mass is 32.2. The van der Waals surface area contributed by atoms with E-state index in [9.17, 15) is 0 Å². The molecule has 2 nitrogen and oxygen atoms in total. The van der Waals surface area contributed by atoms with Crippen molar-refractivity contribution in [3.63, 3.8) is 0 Å². The molecule has 2 rings (SSSR count). The standard InChI is InChI=1S/C13H26N2S/c1-2-16-8-4-7-15-9-11-5-3-6-13(14)12(11)10-15/h11-13H,2-10,14H2,1H3. The second-order valence-electron chi connectivity index (χ2n) is 5.33. The van der Waals surface area contributed by atoms with Crippen molar-refractivity contribution in [3.05, 3.63) is 0 Å². The van der Waals surface area contributed by atoms with E-state index in [1.807, 2.05) is 0 Å². The molecule has 94 valence electrons. The fraction of sp³-hybridized carbons (Fsp3) is 1.00. The molecular formula is C13H26N2S. The van der Waals surface area contributed by atoms with Crippen LogP contribution in [0.2, 0.25) is 0 Å². The molecule has 0 bridgehead atoms. The van der Waals surface area contributed by atoms with E-state index in [4.69, 9.17) is 5.73 Å². The smallest absolute Gasteiger partial charge is 0.00825 e. The van der Waals surface area contributed by atoms with E-state index in [0.29, 0.717) is 6.04 Å². The Labute approximate surface area is 104 Å². The first-order valence-corrected chi connectivity index (χ1v) is 8.02. The molecule has 0 aromatic rings. The van der Waals surface area contributed by atoms with Gasteiger partial charge in [0.2, 0.25) is 0 Å². The van der Waals surface area contributed by atoms with Crippen molar-refractivity contribution in [1.82, 2.24) is 4.90 Å². The van der Waals surface area contributed by atoms with Crippen molar-refractivity contribution in [2.45, 2.75) is 38.6 Å². The van der Waals surface area contributed by atoms with E-state index in [1.165, 1.54) is 56.8 Å². The second-order valence-corrected chi connectivity index (χ2v) is 6.72. The number of hydrogen-bond donors (Lipinski definition) is 1. The van der Waals surface area contributed by atoms with Gasteiger partial charge in [0, 0.05) is 19.1 Å². The SMILES string of the molecule is CCSCCCN1CC2CCCC(N)C2C1. The summed E-state index contributed by atoms with van der Waals surface area (Å²) >= 11 is 2.07. The average molecular weight is 242 g/mol. The van der Waals surface area contributed by atoms with Crippen molar-refractivity contribution < 1.29 is 0 Å². The number of rotatable bonds is 5. The molecule has 0 aromatic heterocycles. The van der Waals surface area contributed by atoms with Crippen LogP contribution < -0.4 is 5.73 Å². The molecule has 2 fully saturated rings. The maximum Gasteiger partial charge on any atom is 0.00825 e. The number of nitrogens with two attached hydrogens (primary N) is 1. The predicted molar refractivity (Wildman–Crippen MR) is 72.9 cm³/mol. The Morgan fingerprint density at radius 3 is 2.94 bits per heavy atom. The van der Waals surface area contributed by atoms with E-state index in [1.54, 1.807) is 0 Å². The van der Waals surface area contributed by atoms with Gasteiger partial charge >= 0.3 is 0 Å². The van der Waals surface area contributed by atoms with E-state index in [2.05, 4.69) is 23.6 Å². The van der Waals surface area contributed by atoms with Crippen LogP contribution in [0.3, 0.4) is 0 Å². The van der Waals surface area contributed by atoms with Gasteiger partial charge < -0.3 is 10.6 Å². The first-order chi connectivity index (χ1) is 7.81. The monoisotopic (exact) mass is 242 g/mol. The minimum atomic E-state index is 0.494. The first-order valence-electron chi connectivity index (χ1n) is 6.87. The topological polar surface area (TPSA) is 29.3 Å². The molecule has 3 unspecified atom stereocenters. The Hall–Kier alpha value is 0.270. The van der Waals surface area contributed by atoms with Crippen molar-refractivity contribution in [1.29, 1.82) is 0 Å². The largest absolute Gasteiger partial charge is 0.327 e. The van der Waals surface area contributed by atoms with Gasteiger partial charge in [0.1, 0.15) is 0 Å². The fourth-order valence-electron chi connectivity index (χ4n) is 3.33. The maximum absolute atomic E-state index is 6.23. The number of nitrogens with zero attached hydrogens (tertiary/aromatic N) is 1. The van der Waals surface area contributed by atoms with Crippen molar-refractivity contribution in [3.8, 4) is 0 Å². The molecule has 3 heteroatoms. The number of fused-ring (bicyclic) bond motifs is 1. The number of hydrogen-bond acceptors (Lipinski definition) is 3. The van der Waals surface area contributed by atoms with Crippen molar-refractivity contribution >= 4 is 11.8 Å². The Balaban J connectivity index is 1.70. The highest BCUT2D eigenvalue weighted by Crippen LogP contribution is 2.35. The molecule has 2 N–H and O–H groups in total. The van der Waals surface area contributed by atoms with Gasteiger partial charge in [-0.3, -0.25) is 0 Å². The molecule has 1 heterocycles. The number of likely N-dealkylation sites (tertiary alicyclic amines) is 1. The zero-order valence-corrected chi connectivity index (χ0v) is 11.3. The minimum Gasteiger partial charge on any atom is -0.327 e. The van der Waals surface area contributed by atoms with Crippen LogP contribution in [0.4, 0.5) is 0 Å². The van der Waals surface area contributed by atoms with Crippen LogP contribution in [-0.2, 0) is 0 Å². The van der Waals surface area contributed by atoms with Gasteiger partial charge in [-0.15, -0.1) is 0 Å². The lowest BCUT2D eigenvalue weighted by atomic mass is 9.78. The Kier molecular flexibility index (Phi) is 4.98. The molecular weight excluding hydrogens is 216 g/mol. The Morgan fingerprint density at radius 2 is 2.19 bits per heavy atom. The zero-order valence-electron chi connectivity index (χ0n) is 10.5. The van der Waals surface area contributed by atoms with Gasteiger partial charge in [0.25, 0.3) is 0 Å². The summed E-state index contributed by atoms with van der Waals surface area (Å²) in [4.78, 5) is 2.66. The lowest BCUT2D eigenvalue weighted by Gasteiger charge is -2.29. The lowest BCUT2D eigenvalue weighted by Crippen LogP contribution is -2.38. The van der Waals surface area contributed by atoms with Gasteiger partial charge in [-0.25, -0.2) is 0 Å². The van der Waals surface area contributed by atoms with E-state index >= 15 is 0 Å². The maximum atomic E-state index is 6.23. The Bertz CT molecular complexity index is 210. The van der Waals surface area contributed by atoms with Crippen LogP contribution in [0.15, 0.2) is 0 Å². The van der Waals surface area contributed by atoms with E-state index in [-0.39, 0.29) is 0 Å². The molecule has 1 aliphatic carbocycles. The summed E-state index contributed by atoms with van der Waals surface area (Å²) in [7, 11) is 0. The Morgan fingerprint density at radius 1 is 1.31 bits per heavy atom. The first kappa shape index (κ1) is 12.7. The van der Waals surface area contributed by atoms with Gasteiger partial charge in [-0.05, 0) is 49.1 Å². The van der Waals surface area contributed by atoms with Crippen LogP contribution in [0.1, 0.15) is 32.6 Å². The second kappa shape index (κ2) is 6.27. The summed E-state index contributed by atoms with van der Waals surface area (Å²) in [5.41, 5.74) is 6.23. The molecule has 0 aromatic carbocycles. The van der Waals surface area contributed by atoms with Crippen LogP contribution in [0.5, 0.6) is 0 Å². The van der Waals surface area contributed by atoms with Crippen molar-refractivity contribution in [2.24, 2.45) is 17.6 Å². The number of thioether (sulfide) groups is 1. The van der Waals surface area contributed by atoms with Gasteiger partial charge in [-0.2, -0.15) is 11.8 Å². The van der Waals surface area contributed by atoms with Crippen LogP contribution in [-0.4, -0.2) is 42.1 Å². The summed E-state index contributed by atoms with van der Waals surface area (Å²) in [6.45, 7) is 6.15. The molecule has 0 amide bonds. The minimum absolute atomic E-state index is 0.494. The third kappa shape index (κ3) is 3.14. The van der Waals surface area contributed by atoms with Crippen LogP contribution in [0, 0.1) is 11.8 Å². The summed E-state index contributed by atoms with van der Waals surface area (Å²) in [6.07, 6.45) is 5.41. The highest BCUT2D eigenvalue weighted by Gasteiger charge is 2.38. The summed E-state index contributed by atoms with van der Waals surface area (Å²) < 4.78 is 0. The molecule has 1 saturated carbocycles. The molecule has 16 heavy (non-hydrogen) atoms. The van der Waals surface area contributed by atoms with Crippen LogP contribution >= 0.6 is 11.8 Å². The summed E-state index contributed by atoms with van der Waals surface area (Å²) in [5, 5.41) is 0. The average Bonchev–Trinajstić information content (AvgIpc) is 2.69. The molecule has 0 radical (unpaired) electrons. The molecule has 1 aliphatic heterocycles. The normalized spacial score (nSPS) is 35.2. The third-order valence-electron chi connectivity index (χ3n) is 4.20. The van der Waals surface area contributed by atoms with Gasteiger partial charge in [0.15, 0.2) is 0 Å². The lowest BCUT2D eigenvalue weighted by molar-refractivity contribution is 0.259. The third-order valence-corrected chi connectivity index (χ3v) is 5.18. The van der Waals surface area contributed by atoms with Gasteiger partial charge in [-0.1, -0.05) is 13.3 Å². The fourth-order valence-corrected chi connectivity index (χ4v) is 3.95. The van der Waals surface area contributed by atoms with Crippen LogP contribution in [0.25, 0.3) is 0 Å². The summed E-state index contributed by atoms with van der Waals surface area (Å²) in [6, 6.07) is 0.494. The molecule has 3 atom stereocenters. The van der Waals surface area contributed by atoms with Crippen molar-refractivity contribution in [2.75, 3.05) is 31.1 Å². The zero-order chi connectivity index (χ0) is 11.4. The quantitative estimate of drug-likeness (QED) is 0.749.